The molecule has 1 saturated carbocycles. The summed E-state index contributed by atoms with van der Waals surface area (Å²) in [7, 11) is 0. The molecule has 0 saturated heterocycles. The van der Waals surface area contributed by atoms with Crippen molar-refractivity contribution in [2.45, 2.75) is 44.6 Å². The number of amides is 1. The minimum atomic E-state index is -0.320. The maximum Gasteiger partial charge on any atom is 0.308 e. The molecule has 1 aromatic carbocycles. The van der Waals surface area contributed by atoms with Crippen LogP contribution in [0.4, 0.5) is 0 Å². The van der Waals surface area contributed by atoms with E-state index in [1.54, 1.807) is 0 Å². The molecule has 1 amide bonds. The number of nitrogens with two attached hydrogens (primary N) is 1. The predicted molar refractivity (Wildman–Crippen MR) is 96.0 cm³/mol. The molecule has 2 rings (SSSR count). The third kappa shape index (κ3) is 5.49. The van der Waals surface area contributed by atoms with Gasteiger partial charge in [0.2, 0.25) is 5.91 Å². The largest absolute Gasteiger partial charge is 0.466 e. The van der Waals surface area contributed by atoms with Crippen LogP contribution in [0.5, 0.6) is 0 Å². The van der Waals surface area contributed by atoms with E-state index in [1.807, 2.05) is 37.3 Å². The van der Waals surface area contributed by atoms with Crippen molar-refractivity contribution in [2.75, 3.05) is 13.2 Å². The van der Waals surface area contributed by atoms with Crippen LogP contribution in [0, 0.1) is 5.92 Å². The van der Waals surface area contributed by atoms with Crippen molar-refractivity contribution < 1.29 is 14.3 Å². The Hall–Kier alpha value is -1.59. The van der Waals surface area contributed by atoms with Gasteiger partial charge >= 0.3 is 5.97 Å². The van der Waals surface area contributed by atoms with Crippen LogP contribution >= 0.6 is 12.4 Å². The fourth-order valence-electron chi connectivity index (χ4n) is 3.12. The van der Waals surface area contributed by atoms with Crippen molar-refractivity contribution in [3.8, 4) is 0 Å². The minimum Gasteiger partial charge on any atom is -0.466 e. The average Bonchev–Trinajstić information content (AvgIpc) is 2.57. The van der Waals surface area contributed by atoms with E-state index in [0.717, 1.165) is 31.2 Å². The molecule has 134 valence electrons. The Balaban J connectivity index is 0.00000288. The SMILES string of the molecule is CCOC(=O)C1CCC(NC(=O)C(CN)c2ccccc2)CC1.Cl. The van der Waals surface area contributed by atoms with Crippen LogP contribution < -0.4 is 11.1 Å². The molecule has 1 aliphatic rings. The van der Waals surface area contributed by atoms with Crippen LogP contribution in [0.15, 0.2) is 30.3 Å². The molecule has 3 N–H and O–H groups in total. The van der Waals surface area contributed by atoms with Gasteiger partial charge in [-0.15, -0.1) is 12.4 Å². The van der Waals surface area contributed by atoms with E-state index in [4.69, 9.17) is 10.5 Å². The van der Waals surface area contributed by atoms with Crippen molar-refractivity contribution in [1.29, 1.82) is 0 Å². The fraction of sp³-hybridized carbons (Fsp3) is 0.556. The van der Waals surface area contributed by atoms with E-state index in [9.17, 15) is 9.59 Å². The zero-order valence-electron chi connectivity index (χ0n) is 14.1. The first kappa shape index (κ1) is 20.5. The summed E-state index contributed by atoms with van der Waals surface area (Å²) in [6.45, 7) is 2.53. The van der Waals surface area contributed by atoms with Gasteiger partial charge in [-0.3, -0.25) is 9.59 Å². The molecule has 0 aliphatic heterocycles. The lowest BCUT2D eigenvalue weighted by molar-refractivity contribution is -0.149. The summed E-state index contributed by atoms with van der Waals surface area (Å²) in [5, 5.41) is 3.09. The second-order valence-electron chi connectivity index (χ2n) is 6.01. The second kappa shape index (κ2) is 10.3. The van der Waals surface area contributed by atoms with Gasteiger partial charge in [-0.2, -0.15) is 0 Å². The number of hydrogen-bond acceptors (Lipinski definition) is 4. The summed E-state index contributed by atoms with van der Waals surface area (Å²) in [4.78, 5) is 24.2. The molecular weight excluding hydrogens is 328 g/mol. The van der Waals surface area contributed by atoms with Crippen molar-refractivity contribution in [1.82, 2.24) is 5.32 Å². The molecule has 1 fully saturated rings. The molecule has 24 heavy (non-hydrogen) atoms. The molecule has 0 aromatic heterocycles. The highest BCUT2D eigenvalue weighted by molar-refractivity contribution is 5.85. The highest BCUT2D eigenvalue weighted by atomic mass is 35.5. The third-order valence-corrected chi connectivity index (χ3v) is 4.45. The summed E-state index contributed by atoms with van der Waals surface area (Å²) in [6, 6.07) is 9.71. The van der Waals surface area contributed by atoms with Gasteiger partial charge in [-0.05, 0) is 38.2 Å². The second-order valence-corrected chi connectivity index (χ2v) is 6.01. The van der Waals surface area contributed by atoms with Gasteiger partial charge in [0, 0.05) is 12.6 Å². The fourth-order valence-corrected chi connectivity index (χ4v) is 3.12. The van der Waals surface area contributed by atoms with Crippen LogP contribution in [0.2, 0.25) is 0 Å². The number of carbonyl (C=O) groups excluding carboxylic acids is 2. The van der Waals surface area contributed by atoms with Gasteiger partial charge in [0.15, 0.2) is 0 Å². The smallest absolute Gasteiger partial charge is 0.308 e. The van der Waals surface area contributed by atoms with Gasteiger partial charge in [0.05, 0.1) is 18.4 Å². The number of esters is 1. The molecule has 0 bridgehead atoms. The summed E-state index contributed by atoms with van der Waals surface area (Å²) in [5.41, 5.74) is 6.72. The van der Waals surface area contributed by atoms with Gasteiger partial charge < -0.3 is 15.8 Å². The number of nitrogens with one attached hydrogen (secondary N) is 1. The van der Waals surface area contributed by atoms with E-state index in [-0.39, 0.29) is 48.7 Å². The third-order valence-electron chi connectivity index (χ3n) is 4.45. The summed E-state index contributed by atoms with van der Waals surface area (Å²) in [6.07, 6.45) is 3.15. The van der Waals surface area contributed by atoms with Crippen molar-refractivity contribution >= 4 is 24.3 Å². The first-order chi connectivity index (χ1) is 11.2. The highest BCUT2D eigenvalue weighted by Gasteiger charge is 2.29. The summed E-state index contributed by atoms with van der Waals surface area (Å²) in [5.74, 6) is -0.485. The Kier molecular flexibility index (Phi) is 8.79. The van der Waals surface area contributed by atoms with E-state index >= 15 is 0 Å². The van der Waals surface area contributed by atoms with E-state index in [2.05, 4.69) is 5.32 Å². The summed E-state index contributed by atoms with van der Waals surface area (Å²) >= 11 is 0. The number of halogens is 1. The average molecular weight is 355 g/mol. The van der Waals surface area contributed by atoms with Crippen LogP contribution in [0.3, 0.4) is 0 Å². The minimum absolute atomic E-state index is 0. The molecule has 1 unspecified atom stereocenters. The normalized spacial score (nSPS) is 21.2. The number of carbonyl (C=O) groups is 2. The Morgan fingerprint density at radius 2 is 1.83 bits per heavy atom. The topological polar surface area (TPSA) is 81.4 Å². The van der Waals surface area contributed by atoms with E-state index in [0.29, 0.717) is 6.61 Å². The van der Waals surface area contributed by atoms with Crippen LogP contribution in [0.1, 0.15) is 44.1 Å². The Morgan fingerprint density at radius 3 is 2.38 bits per heavy atom. The van der Waals surface area contributed by atoms with Gasteiger partial charge in [0.1, 0.15) is 0 Å². The predicted octanol–water partition coefficient (Wildman–Crippen LogP) is 2.39. The van der Waals surface area contributed by atoms with E-state index < -0.39 is 0 Å². The molecule has 0 heterocycles. The molecule has 5 nitrogen and oxygen atoms in total. The first-order valence-corrected chi connectivity index (χ1v) is 8.37. The first-order valence-electron chi connectivity index (χ1n) is 8.37. The Labute approximate surface area is 149 Å². The maximum atomic E-state index is 12.5. The Bertz CT molecular complexity index is 516. The standard InChI is InChI=1S/C18H26N2O3.ClH/c1-2-23-18(22)14-8-10-15(11-9-14)20-17(21)16(12-19)13-6-4-3-5-7-13;/h3-7,14-16H,2,8-12,19H2,1H3,(H,20,21);1H. The van der Waals surface area contributed by atoms with Crippen LogP contribution in [0.25, 0.3) is 0 Å². The molecule has 1 atom stereocenters. The lowest BCUT2D eigenvalue weighted by atomic mass is 9.85. The zero-order chi connectivity index (χ0) is 16.7. The van der Waals surface area contributed by atoms with Gasteiger partial charge in [0.25, 0.3) is 0 Å². The molecule has 0 radical (unpaired) electrons. The monoisotopic (exact) mass is 354 g/mol. The number of benzene rings is 1. The highest BCUT2D eigenvalue weighted by Crippen LogP contribution is 2.26. The van der Waals surface area contributed by atoms with Gasteiger partial charge in [-0.25, -0.2) is 0 Å². The van der Waals surface area contributed by atoms with Crippen molar-refractivity contribution in [3.63, 3.8) is 0 Å². The number of rotatable bonds is 6. The molecular formula is C18H27ClN2O3. The van der Waals surface area contributed by atoms with Crippen LogP contribution in [-0.4, -0.2) is 31.1 Å². The molecule has 1 aliphatic carbocycles. The molecule has 1 aromatic rings. The van der Waals surface area contributed by atoms with Crippen LogP contribution in [-0.2, 0) is 14.3 Å². The molecule has 0 spiro atoms. The quantitative estimate of drug-likeness (QED) is 0.768. The van der Waals surface area contributed by atoms with E-state index in [1.165, 1.54) is 0 Å². The van der Waals surface area contributed by atoms with Crippen molar-refractivity contribution in [2.24, 2.45) is 11.7 Å². The lowest BCUT2D eigenvalue weighted by Crippen LogP contribution is -2.42. The lowest BCUT2D eigenvalue weighted by Gasteiger charge is -2.29. The van der Waals surface area contributed by atoms with Gasteiger partial charge in [-0.1, -0.05) is 30.3 Å². The number of ether oxygens (including phenoxy) is 1. The summed E-state index contributed by atoms with van der Waals surface area (Å²) < 4.78 is 5.07. The Morgan fingerprint density at radius 1 is 1.21 bits per heavy atom. The van der Waals surface area contributed by atoms with Crippen molar-refractivity contribution in [3.05, 3.63) is 35.9 Å². The zero-order valence-corrected chi connectivity index (χ0v) is 14.9. The number of hydrogen-bond donors (Lipinski definition) is 2. The molecule has 6 heteroatoms. The maximum absolute atomic E-state index is 12.5.